The number of carbonyl (C=O) groups is 1. The Labute approximate surface area is 108 Å². The monoisotopic (exact) mass is 270 g/mol. The second-order valence-corrected chi connectivity index (χ2v) is 4.07. The van der Waals surface area contributed by atoms with Crippen LogP contribution in [0.4, 0.5) is 13.2 Å². The van der Waals surface area contributed by atoms with Crippen molar-refractivity contribution in [2.75, 3.05) is 0 Å². The molecular formula is C14H13F3O2. The highest BCUT2D eigenvalue weighted by atomic mass is 19.4. The number of alkyl halides is 3. The van der Waals surface area contributed by atoms with Gasteiger partial charge in [0, 0.05) is 6.42 Å². The van der Waals surface area contributed by atoms with Gasteiger partial charge in [0.25, 0.3) is 0 Å². The molecule has 0 aliphatic heterocycles. The summed E-state index contributed by atoms with van der Waals surface area (Å²) in [5.41, 5.74) is -1.30. The van der Waals surface area contributed by atoms with Crippen LogP contribution in [0, 0.1) is 0 Å². The van der Waals surface area contributed by atoms with Crippen molar-refractivity contribution in [3.8, 4) is 0 Å². The van der Waals surface area contributed by atoms with E-state index in [4.69, 9.17) is 0 Å². The molecule has 102 valence electrons. The van der Waals surface area contributed by atoms with Gasteiger partial charge < -0.3 is 0 Å². The van der Waals surface area contributed by atoms with Crippen LogP contribution in [0.1, 0.15) is 31.2 Å². The lowest BCUT2D eigenvalue weighted by atomic mass is 9.86. The highest BCUT2D eigenvalue weighted by molar-refractivity contribution is 5.91. The second-order valence-electron chi connectivity index (χ2n) is 4.07. The highest BCUT2D eigenvalue weighted by Gasteiger charge is 2.43. The van der Waals surface area contributed by atoms with E-state index in [0.717, 1.165) is 5.94 Å². The van der Waals surface area contributed by atoms with Crippen molar-refractivity contribution < 1.29 is 22.8 Å². The normalized spacial score (nSPS) is 12.6. The zero-order valence-corrected chi connectivity index (χ0v) is 10.3. The number of rotatable bonds is 5. The minimum Gasteiger partial charge on any atom is -0.299 e. The van der Waals surface area contributed by atoms with E-state index in [1.165, 1.54) is 24.3 Å². The van der Waals surface area contributed by atoms with Gasteiger partial charge in [0.2, 0.25) is 0 Å². The van der Waals surface area contributed by atoms with E-state index in [0.29, 0.717) is 6.42 Å². The minimum absolute atomic E-state index is 0.0131. The maximum absolute atomic E-state index is 12.8. The van der Waals surface area contributed by atoms with E-state index in [9.17, 15) is 22.8 Å². The first-order chi connectivity index (χ1) is 8.91. The fraction of sp³-hybridized carbons (Fsp3) is 0.357. The standard InChI is InChI=1S/C14H13F3O2/c1-2-6-12(19)13(10-7-4-3-5-8-10)11(9-18)14(15,16)17/h3-5,7-8,13H,2,6H2,1H3. The summed E-state index contributed by atoms with van der Waals surface area (Å²) < 4.78 is 38.4. The van der Waals surface area contributed by atoms with Gasteiger partial charge in [-0.1, -0.05) is 37.3 Å². The van der Waals surface area contributed by atoms with Crippen LogP contribution >= 0.6 is 0 Å². The van der Waals surface area contributed by atoms with Gasteiger partial charge in [0.15, 0.2) is 0 Å². The number of allylic oxidation sites excluding steroid dienone is 1. The van der Waals surface area contributed by atoms with E-state index >= 15 is 0 Å². The Morgan fingerprint density at radius 3 is 2.26 bits per heavy atom. The van der Waals surface area contributed by atoms with Crippen LogP contribution < -0.4 is 0 Å². The number of hydrogen-bond donors (Lipinski definition) is 0. The summed E-state index contributed by atoms with van der Waals surface area (Å²) in [5, 5.41) is 0. The highest BCUT2D eigenvalue weighted by Crippen LogP contribution is 2.36. The van der Waals surface area contributed by atoms with E-state index in [1.807, 2.05) is 0 Å². The lowest BCUT2D eigenvalue weighted by molar-refractivity contribution is -0.125. The van der Waals surface area contributed by atoms with Crippen molar-refractivity contribution >= 4 is 11.7 Å². The molecule has 0 aliphatic carbocycles. The summed E-state index contributed by atoms with van der Waals surface area (Å²) in [5.74, 6) is -1.30. The summed E-state index contributed by atoms with van der Waals surface area (Å²) in [6, 6.07) is 7.49. The second kappa shape index (κ2) is 6.34. The topological polar surface area (TPSA) is 34.1 Å². The first kappa shape index (κ1) is 15.2. The zero-order valence-electron chi connectivity index (χ0n) is 10.3. The number of hydrogen-bond acceptors (Lipinski definition) is 2. The van der Waals surface area contributed by atoms with Gasteiger partial charge in [-0.05, 0) is 12.0 Å². The SMILES string of the molecule is CCCC(=O)C(C(=C=O)C(F)(F)F)c1ccccc1. The molecule has 1 aromatic carbocycles. The maximum Gasteiger partial charge on any atom is 0.424 e. The molecule has 0 bridgehead atoms. The summed E-state index contributed by atoms with van der Waals surface area (Å²) >= 11 is 0. The predicted molar refractivity (Wildman–Crippen MR) is 64.4 cm³/mol. The molecule has 0 amide bonds. The molecule has 1 atom stereocenters. The van der Waals surface area contributed by atoms with Crippen LogP contribution in [0.15, 0.2) is 35.9 Å². The molecule has 0 fully saturated rings. The molecule has 0 radical (unpaired) electrons. The molecule has 2 nitrogen and oxygen atoms in total. The number of Topliss-reactive ketones (excluding diaryl/α,β-unsaturated/α-hetero) is 1. The average molecular weight is 270 g/mol. The quantitative estimate of drug-likeness (QED) is 0.768. The van der Waals surface area contributed by atoms with E-state index in [1.54, 1.807) is 13.0 Å². The van der Waals surface area contributed by atoms with Gasteiger partial charge >= 0.3 is 6.18 Å². The van der Waals surface area contributed by atoms with Crippen LogP contribution in [0.3, 0.4) is 0 Å². The van der Waals surface area contributed by atoms with E-state index in [2.05, 4.69) is 0 Å². The number of halogens is 3. The van der Waals surface area contributed by atoms with Gasteiger partial charge in [-0.2, -0.15) is 13.2 Å². The fourth-order valence-electron chi connectivity index (χ4n) is 1.83. The molecule has 0 saturated heterocycles. The van der Waals surface area contributed by atoms with Gasteiger partial charge in [0.1, 0.15) is 17.3 Å². The third-order valence-electron chi connectivity index (χ3n) is 2.66. The van der Waals surface area contributed by atoms with E-state index in [-0.39, 0.29) is 12.0 Å². The van der Waals surface area contributed by atoms with Gasteiger partial charge in [0.05, 0.1) is 5.92 Å². The molecule has 0 saturated carbocycles. The molecule has 0 N–H and O–H groups in total. The Hall–Kier alpha value is -1.87. The molecule has 0 aromatic heterocycles. The van der Waals surface area contributed by atoms with Crippen molar-refractivity contribution in [2.24, 2.45) is 0 Å². The lowest BCUT2D eigenvalue weighted by Crippen LogP contribution is -2.25. The lowest BCUT2D eigenvalue weighted by Gasteiger charge is -2.19. The van der Waals surface area contributed by atoms with Crippen molar-refractivity contribution in [2.45, 2.75) is 31.9 Å². The number of ketones is 1. The smallest absolute Gasteiger partial charge is 0.299 e. The Morgan fingerprint density at radius 2 is 1.84 bits per heavy atom. The third kappa shape index (κ3) is 3.80. The van der Waals surface area contributed by atoms with Crippen molar-refractivity contribution in [3.05, 3.63) is 41.5 Å². The average Bonchev–Trinajstić information content (AvgIpc) is 2.35. The van der Waals surface area contributed by atoms with Crippen molar-refractivity contribution in [3.63, 3.8) is 0 Å². The zero-order chi connectivity index (χ0) is 14.5. The Balaban J connectivity index is 3.28. The van der Waals surface area contributed by atoms with Crippen LogP contribution in [0.2, 0.25) is 0 Å². The van der Waals surface area contributed by atoms with Gasteiger partial charge in [-0.25, -0.2) is 4.79 Å². The van der Waals surface area contributed by atoms with E-state index < -0.39 is 23.5 Å². The summed E-state index contributed by atoms with van der Waals surface area (Å²) in [6.45, 7) is 1.69. The molecule has 0 aliphatic rings. The molecule has 1 rings (SSSR count). The van der Waals surface area contributed by atoms with Crippen LogP contribution in [-0.2, 0) is 9.59 Å². The first-order valence-electron chi connectivity index (χ1n) is 5.81. The third-order valence-corrected chi connectivity index (χ3v) is 2.66. The number of carbonyl (C=O) groups excluding carboxylic acids is 2. The molecule has 1 unspecified atom stereocenters. The summed E-state index contributed by atoms with van der Waals surface area (Å²) in [4.78, 5) is 22.5. The Bertz CT molecular complexity index is 485. The minimum atomic E-state index is -4.86. The Kier molecular flexibility index (Phi) is 5.07. The maximum atomic E-state index is 12.8. The predicted octanol–water partition coefficient (Wildman–Crippen LogP) is 3.46. The molecule has 5 heteroatoms. The van der Waals surface area contributed by atoms with Crippen LogP contribution in [0.25, 0.3) is 0 Å². The molecular weight excluding hydrogens is 257 g/mol. The Morgan fingerprint density at radius 1 is 1.26 bits per heavy atom. The molecule has 0 spiro atoms. The molecule has 0 heterocycles. The van der Waals surface area contributed by atoms with Crippen LogP contribution in [-0.4, -0.2) is 17.9 Å². The largest absolute Gasteiger partial charge is 0.424 e. The van der Waals surface area contributed by atoms with Gasteiger partial charge in [-0.3, -0.25) is 4.79 Å². The van der Waals surface area contributed by atoms with Gasteiger partial charge in [-0.15, -0.1) is 0 Å². The van der Waals surface area contributed by atoms with Crippen molar-refractivity contribution in [1.82, 2.24) is 0 Å². The van der Waals surface area contributed by atoms with Crippen LogP contribution in [0.5, 0.6) is 0 Å². The number of benzene rings is 1. The fourth-order valence-corrected chi connectivity index (χ4v) is 1.83. The summed E-state index contributed by atoms with van der Waals surface area (Å²) in [7, 11) is 0. The van der Waals surface area contributed by atoms with Crippen molar-refractivity contribution in [1.29, 1.82) is 0 Å². The summed E-state index contributed by atoms with van der Waals surface area (Å²) in [6.07, 6.45) is -4.45. The molecule has 1 aromatic rings. The molecule has 19 heavy (non-hydrogen) atoms. The first-order valence-corrected chi connectivity index (χ1v) is 5.81.